The molecule has 1 fully saturated rings. The van der Waals surface area contributed by atoms with E-state index in [9.17, 15) is 0 Å². The van der Waals surface area contributed by atoms with Crippen LogP contribution in [-0.2, 0) is 4.79 Å². The van der Waals surface area contributed by atoms with Gasteiger partial charge >= 0.3 is 0 Å². The molecule has 124 valence electrons. The average molecular weight is 353 g/mol. The smallest absolute Gasteiger partial charge is 0.136 e. The number of nitrogens with zero attached hydrogens (tertiary/aromatic N) is 3. The molecule has 23 heavy (non-hydrogen) atoms. The molecule has 0 atom stereocenters. The topological polar surface area (TPSA) is 62.5 Å². The first kappa shape index (κ1) is 18.2. The fourth-order valence-electron chi connectivity index (χ4n) is 2.24. The van der Waals surface area contributed by atoms with Crippen LogP contribution in [0, 0.1) is 0 Å². The van der Waals surface area contributed by atoms with E-state index in [1.165, 1.54) is 10.3 Å². The third-order valence-electron chi connectivity index (χ3n) is 3.50. The van der Waals surface area contributed by atoms with Gasteiger partial charge in [-0.1, -0.05) is 23.7 Å². The van der Waals surface area contributed by atoms with Crippen LogP contribution < -0.4 is 5.73 Å². The number of aromatic nitrogens is 1. The summed E-state index contributed by atoms with van der Waals surface area (Å²) in [5.74, 6) is 0. The van der Waals surface area contributed by atoms with Crippen molar-refractivity contribution in [3.63, 3.8) is 0 Å². The van der Waals surface area contributed by atoms with Gasteiger partial charge in [0, 0.05) is 54.6 Å². The highest BCUT2D eigenvalue weighted by Crippen LogP contribution is 2.32. The zero-order chi connectivity index (χ0) is 16.7. The maximum absolute atomic E-state index is 9.05. The van der Waals surface area contributed by atoms with Crippen LogP contribution in [0.25, 0.3) is 10.8 Å². The second-order valence-electron chi connectivity index (χ2n) is 5.18. The van der Waals surface area contributed by atoms with E-state index in [0.29, 0.717) is 11.4 Å². The van der Waals surface area contributed by atoms with E-state index in [0.717, 1.165) is 31.6 Å². The van der Waals surface area contributed by atoms with Crippen molar-refractivity contribution in [1.29, 1.82) is 0 Å². The van der Waals surface area contributed by atoms with Crippen molar-refractivity contribution in [3.8, 4) is 0 Å². The highest BCUT2D eigenvalue weighted by Gasteiger charge is 2.16. The number of likely N-dealkylation sites (N-methyl/N-ethyl adjacent to an activating group) is 1. The number of carbonyl (C=O) groups is 1. The highest BCUT2D eigenvalue weighted by molar-refractivity contribution is 7.97. The Bertz CT molecular complexity index is 647. The number of pyridine rings is 1. The van der Waals surface area contributed by atoms with Gasteiger partial charge in [0.05, 0.1) is 0 Å². The fourth-order valence-corrected chi connectivity index (χ4v) is 3.50. The van der Waals surface area contributed by atoms with Crippen LogP contribution in [0.5, 0.6) is 0 Å². The number of nitrogens with two attached hydrogens (primary N) is 1. The molecule has 3 rings (SSSR count). The van der Waals surface area contributed by atoms with Crippen molar-refractivity contribution in [2.45, 2.75) is 4.90 Å². The van der Waals surface area contributed by atoms with Crippen molar-refractivity contribution >= 4 is 40.6 Å². The number of rotatable bonds is 3. The number of benzene rings is 1. The zero-order valence-electron chi connectivity index (χ0n) is 13.1. The van der Waals surface area contributed by atoms with Crippen LogP contribution in [0.15, 0.2) is 35.4 Å². The van der Waals surface area contributed by atoms with Gasteiger partial charge in [0.15, 0.2) is 0 Å². The lowest BCUT2D eigenvalue weighted by Gasteiger charge is -2.31. The maximum atomic E-state index is 9.05. The molecule has 1 aromatic heterocycles. The van der Waals surface area contributed by atoms with Gasteiger partial charge in [-0.3, -0.25) is 0 Å². The van der Waals surface area contributed by atoms with Gasteiger partial charge in [-0.25, -0.2) is 9.29 Å². The summed E-state index contributed by atoms with van der Waals surface area (Å²) in [5.41, 5.74) is 4.66. The molecule has 0 radical (unpaired) electrons. The summed E-state index contributed by atoms with van der Waals surface area (Å²) < 4.78 is 2.42. The third kappa shape index (κ3) is 5.16. The molecule has 1 saturated heterocycles. The molecule has 1 aromatic carbocycles. The lowest BCUT2D eigenvalue weighted by Crippen LogP contribution is -2.40. The van der Waals surface area contributed by atoms with Crippen LogP contribution in [0.4, 0.5) is 0 Å². The molecular weight excluding hydrogens is 332 g/mol. The predicted octanol–water partition coefficient (Wildman–Crippen LogP) is 2.29. The van der Waals surface area contributed by atoms with Crippen molar-refractivity contribution in [2.75, 3.05) is 39.8 Å². The van der Waals surface area contributed by atoms with E-state index in [1.54, 1.807) is 6.20 Å². The fraction of sp³-hybridized carbons (Fsp3) is 0.375. The molecule has 0 bridgehead atoms. The molecule has 5 nitrogen and oxygen atoms in total. The first-order valence-electron chi connectivity index (χ1n) is 7.44. The van der Waals surface area contributed by atoms with Crippen molar-refractivity contribution in [3.05, 3.63) is 35.6 Å². The molecular formula is C16H21ClN4OS. The number of hydrogen-bond acceptors (Lipinski definition) is 6. The molecule has 2 heterocycles. The number of aldehydes is 1. The Morgan fingerprint density at radius 2 is 1.96 bits per heavy atom. The normalized spacial score (nSPS) is 16.0. The summed E-state index contributed by atoms with van der Waals surface area (Å²) in [5, 5.41) is 2.80. The standard InChI is InChI=1S/C14H16ClN3S.C2H5NO/c1-17-7-9-18(10-8-17)19-13-4-2-3-12-11(13)5-6-16-14(12)15;3-1-2-4/h2-6H,7-10H2,1H3;2H,1,3H2. The second kappa shape index (κ2) is 9.20. The Hall–Kier alpha value is -1.18. The van der Waals surface area contributed by atoms with Crippen LogP contribution in [-0.4, -0.2) is 60.2 Å². The molecule has 2 N–H and O–H groups in total. The molecule has 0 aliphatic carbocycles. The first-order chi connectivity index (χ1) is 11.2. The largest absolute Gasteiger partial charge is 0.324 e. The molecule has 0 spiro atoms. The van der Waals surface area contributed by atoms with E-state index >= 15 is 0 Å². The number of piperazine rings is 1. The predicted molar refractivity (Wildman–Crippen MR) is 96.8 cm³/mol. The number of halogens is 1. The van der Waals surface area contributed by atoms with Gasteiger partial charge < -0.3 is 15.4 Å². The summed E-state index contributed by atoms with van der Waals surface area (Å²) in [6, 6.07) is 8.27. The summed E-state index contributed by atoms with van der Waals surface area (Å²) in [7, 11) is 2.17. The van der Waals surface area contributed by atoms with Crippen LogP contribution in [0.1, 0.15) is 0 Å². The number of fused-ring (bicyclic) bond motifs is 1. The quantitative estimate of drug-likeness (QED) is 0.519. The van der Waals surface area contributed by atoms with E-state index < -0.39 is 0 Å². The molecule has 7 heteroatoms. The Morgan fingerprint density at radius 1 is 1.26 bits per heavy atom. The number of carbonyl (C=O) groups excluding carboxylic acids is 1. The summed E-state index contributed by atoms with van der Waals surface area (Å²) in [6.07, 6.45) is 2.43. The van der Waals surface area contributed by atoms with Crippen LogP contribution in [0.3, 0.4) is 0 Å². The Kier molecular flexibility index (Phi) is 7.26. The minimum Gasteiger partial charge on any atom is -0.324 e. The zero-order valence-corrected chi connectivity index (χ0v) is 14.7. The van der Waals surface area contributed by atoms with Gasteiger partial charge in [-0.2, -0.15) is 0 Å². The minimum atomic E-state index is 0.139. The van der Waals surface area contributed by atoms with Crippen LogP contribution in [0.2, 0.25) is 5.15 Å². The van der Waals surface area contributed by atoms with Gasteiger partial charge in [0.1, 0.15) is 11.4 Å². The lowest BCUT2D eigenvalue weighted by atomic mass is 10.2. The summed E-state index contributed by atoms with van der Waals surface area (Å²) in [6.45, 7) is 4.58. The average Bonchev–Trinajstić information content (AvgIpc) is 2.58. The van der Waals surface area contributed by atoms with Crippen LogP contribution >= 0.6 is 23.5 Å². The van der Waals surface area contributed by atoms with E-state index in [4.69, 9.17) is 16.4 Å². The second-order valence-corrected chi connectivity index (χ2v) is 6.68. The van der Waals surface area contributed by atoms with Gasteiger partial charge in [0.2, 0.25) is 0 Å². The lowest BCUT2D eigenvalue weighted by molar-refractivity contribution is -0.106. The van der Waals surface area contributed by atoms with Gasteiger partial charge in [-0.15, -0.1) is 0 Å². The Morgan fingerprint density at radius 3 is 2.61 bits per heavy atom. The number of hydrogen-bond donors (Lipinski definition) is 1. The van der Waals surface area contributed by atoms with Crippen molar-refractivity contribution in [2.24, 2.45) is 5.73 Å². The van der Waals surface area contributed by atoms with E-state index in [1.807, 2.05) is 30.1 Å². The third-order valence-corrected chi connectivity index (χ3v) is 4.98. The first-order valence-corrected chi connectivity index (χ1v) is 8.59. The van der Waals surface area contributed by atoms with Gasteiger partial charge in [0.25, 0.3) is 0 Å². The molecule has 0 saturated carbocycles. The minimum absolute atomic E-state index is 0.139. The molecule has 0 unspecified atom stereocenters. The summed E-state index contributed by atoms with van der Waals surface area (Å²) in [4.78, 5) is 16.8. The van der Waals surface area contributed by atoms with Gasteiger partial charge in [-0.05, 0) is 31.1 Å². The van der Waals surface area contributed by atoms with E-state index in [-0.39, 0.29) is 6.54 Å². The highest BCUT2D eigenvalue weighted by atomic mass is 35.5. The van der Waals surface area contributed by atoms with Crippen molar-refractivity contribution < 1.29 is 4.79 Å². The summed E-state index contributed by atoms with van der Waals surface area (Å²) >= 11 is 7.98. The van der Waals surface area contributed by atoms with Crippen molar-refractivity contribution in [1.82, 2.24) is 14.2 Å². The molecule has 2 aromatic rings. The Labute approximate surface area is 145 Å². The monoisotopic (exact) mass is 352 g/mol. The SMILES string of the molecule is CN1CCN(Sc2cccc3c(Cl)nccc23)CC1.NCC=O. The molecule has 1 aliphatic rings. The maximum Gasteiger partial charge on any atom is 0.136 e. The molecule has 1 aliphatic heterocycles. The van der Waals surface area contributed by atoms with E-state index in [2.05, 4.69) is 33.0 Å². The Balaban J connectivity index is 0.000000433. The molecule has 0 amide bonds.